The van der Waals surface area contributed by atoms with Crippen molar-refractivity contribution >= 4 is 70.1 Å². The fourth-order valence-corrected chi connectivity index (χ4v) is 8.80. The van der Waals surface area contributed by atoms with Gasteiger partial charge in [-0.25, -0.2) is 0 Å². The highest BCUT2D eigenvalue weighted by Crippen LogP contribution is 2.45. The smallest absolute Gasteiger partial charge is 0.0554 e. The minimum Gasteiger partial charge on any atom is -0.310 e. The van der Waals surface area contributed by atoms with Crippen molar-refractivity contribution in [3.8, 4) is 33.4 Å². The summed E-state index contributed by atoms with van der Waals surface area (Å²) in [6.07, 6.45) is 0. The number of thiophene rings is 1. The first-order chi connectivity index (χ1) is 25.8. The fourth-order valence-electron chi connectivity index (χ4n) is 7.68. The van der Waals surface area contributed by atoms with Gasteiger partial charge in [-0.3, -0.25) is 0 Å². The Morgan fingerprint density at radius 3 is 1.67 bits per heavy atom. The summed E-state index contributed by atoms with van der Waals surface area (Å²) in [6.45, 7) is 0. The van der Waals surface area contributed by atoms with Gasteiger partial charge in [0.25, 0.3) is 0 Å². The highest BCUT2D eigenvalue weighted by atomic mass is 32.1. The van der Waals surface area contributed by atoms with Crippen LogP contribution in [0.1, 0.15) is 0 Å². The molecule has 0 saturated heterocycles. The Balaban J connectivity index is 1.07. The van der Waals surface area contributed by atoms with E-state index in [-0.39, 0.29) is 0 Å². The van der Waals surface area contributed by atoms with Crippen LogP contribution in [0.5, 0.6) is 0 Å². The zero-order valence-corrected chi connectivity index (χ0v) is 29.2. The van der Waals surface area contributed by atoms with Gasteiger partial charge in [-0.15, -0.1) is 11.3 Å². The molecule has 0 saturated carbocycles. The third-order valence-electron chi connectivity index (χ3n) is 10.3. The standard InChI is InChI=1S/C50H33NS/c1-2-11-37(12-3-1)44-16-8-14-41-33-40(26-31-45(41)44)36-24-29-43(30-25-36)51(47-17-9-19-49-50(47)46-15-6-7-18-48(46)52-49)42-27-22-35(23-28-42)39-21-20-34-10-4-5-13-38(34)32-39/h1-33H. The minimum atomic E-state index is 1.12. The monoisotopic (exact) mass is 679 g/mol. The number of rotatable bonds is 6. The van der Waals surface area contributed by atoms with Gasteiger partial charge < -0.3 is 4.90 Å². The predicted octanol–water partition coefficient (Wildman–Crippen LogP) is 14.8. The van der Waals surface area contributed by atoms with Crippen molar-refractivity contribution in [3.05, 3.63) is 200 Å². The molecule has 0 aliphatic rings. The molecule has 0 aliphatic heterocycles. The number of anilines is 3. The average Bonchev–Trinajstić information content (AvgIpc) is 3.61. The van der Waals surface area contributed by atoms with E-state index < -0.39 is 0 Å². The van der Waals surface area contributed by atoms with Crippen LogP contribution >= 0.6 is 11.3 Å². The molecule has 1 heterocycles. The van der Waals surface area contributed by atoms with Crippen molar-refractivity contribution in [1.82, 2.24) is 0 Å². The zero-order chi connectivity index (χ0) is 34.4. The van der Waals surface area contributed by atoms with Gasteiger partial charge in [-0.1, -0.05) is 146 Å². The van der Waals surface area contributed by atoms with E-state index in [1.807, 2.05) is 11.3 Å². The van der Waals surface area contributed by atoms with Gasteiger partial charge in [-0.05, 0) is 110 Å². The average molecular weight is 680 g/mol. The van der Waals surface area contributed by atoms with Gasteiger partial charge in [0.1, 0.15) is 0 Å². The second kappa shape index (κ2) is 12.7. The second-order valence-corrected chi connectivity index (χ2v) is 14.4. The molecule has 0 fully saturated rings. The molecule has 0 atom stereocenters. The molecule has 0 unspecified atom stereocenters. The van der Waals surface area contributed by atoms with Crippen molar-refractivity contribution in [3.63, 3.8) is 0 Å². The largest absolute Gasteiger partial charge is 0.310 e. The summed E-state index contributed by atoms with van der Waals surface area (Å²) in [4.78, 5) is 2.42. The van der Waals surface area contributed by atoms with E-state index in [1.165, 1.54) is 80.8 Å². The Morgan fingerprint density at radius 2 is 0.904 bits per heavy atom. The molecule has 244 valence electrons. The third kappa shape index (κ3) is 5.33. The van der Waals surface area contributed by atoms with E-state index in [4.69, 9.17) is 0 Å². The first kappa shape index (κ1) is 30.4. The Kier molecular flexibility index (Phi) is 7.41. The molecular formula is C50H33NS. The second-order valence-electron chi connectivity index (χ2n) is 13.3. The van der Waals surface area contributed by atoms with E-state index >= 15 is 0 Å². The van der Waals surface area contributed by atoms with Crippen molar-refractivity contribution in [2.75, 3.05) is 4.90 Å². The van der Waals surface area contributed by atoms with E-state index in [0.29, 0.717) is 0 Å². The van der Waals surface area contributed by atoms with Crippen molar-refractivity contribution < 1.29 is 0 Å². The number of hydrogen-bond acceptors (Lipinski definition) is 2. The van der Waals surface area contributed by atoms with Crippen LogP contribution in [0, 0.1) is 0 Å². The molecule has 2 heteroatoms. The quantitative estimate of drug-likeness (QED) is 0.169. The van der Waals surface area contributed by atoms with Crippen LogP contribution in [0.3, 0.4) is 0 Å². The van der Waals surface area contributed by atoms with Crippen molar-refractivity contribution in [2.24, 2.45) is 0 Å². The lowest BCUT2D eigenvalue weighted by atomic mass is 9.95. The summed E-state index contributed by atoms with van der Waals surface area (Å²) in [5.41, 5.74) is 10.8. The normalized spacial score (nSPS) is 11.5. The molecule has 1 aromatic heterocycles. The van der Waals surface area contributed by atoms with Crippen LogP contribution in [-0.2, 0) is 0 Å². The SMILES string of the molecule is c1ccc(-c2cccc3cc(-c4ccc(N(c5ccc(-c6ccc7ccccc7c6)cc5)c5cccc6sc7ccccc7c56)cc4)ccc23)cc1. The summed E-state index contributed by atoms with van der Waals surface area (Å²) in [5, 5.41) is 7.60. The minimum absolute atomic E-state index is 1.12. The van der Waals surface area contributed by atoms with Crippen molar-refractivity contribution in [1.29, 1.82) is 0 Å². The molecule has 9 aromatic carbocycles. The lowest BCUT2D eigenvalue weighted by Gasteiger charge is -2.27. The van der Waals surface area contributed by atoms with E-state index in [1.54, 1.807) is 0 Å². The first-order valence-corrected chi connectivity index (χ1v) is 18.6. The maximum atomic E-state index is 2.42. The molecule has 52 heavy (non-hydrogen) atoms. The lowest BCUT2D eigenvalue weighted by molar-refractivity contribution is 1.30. The predicted molar refractivity (Wildman–Crippen MR) is 225 cm³/mol. The topological polar surface area (TPSA) is 3.24 Å². The maximum Gasteiger partial charge on any atom is 0.0554 e. The highest BCUT2D eigenvalue weighted by Gasteiger charge is 2.19. The van der Waals surface area contributed by atoms with Gasteiger partial charge in [-0.2, -0.15) is 0 Å². The number of fused-ring (bicyclic) bond motifs is 5. The molecule has 0 bridgehead atoms. The van der Waals surface area contributed by atoms with Gasteiger partial charge in [0, 0.05) is 31.5 Å². The summed E-state index contributed by atoms with van der Waals surface area (Å²) < 4.78 is 2.60. The molecule has 10 rings (SSSR count). The zero-order valence-electron chi connectivity index (χ0n) is 28.4. The molecule has 0 spiro atoms. The molecule has 0 amide bonds. The van der Waals surface area contributed by atoms with Crippen LogP contribution in [-0.4, -0.2) is 0 Å². The lowest BCUT2D eigenvalue weighted by Crippen LogP contribution is -2.10. The summed E-state index contributed by atoms with van der Waals surface area (Å²) in [6, 6.07) is 72.9. The number of benzene rings is 9. The Hall–Kier alpha value is -6.48. The highest BCUT2D eigenvalue weighted by molar-refractivity contribution is 7.26. The third-order valence-corrected chi connectivity index (χ3v) is 11.4. The van der Waals surface area contributed by atoms with Crippen molar-refractivity contribution in [2.45, 2.75) is 0 Å². The maximum absolute atomic E-state index is 2.42. The van der Waals surface area contributed by atoms with Gasteiger partial charge >= 0.3 is 0 Å². The number of nitrogens with zero attached hydrogens (tertiary/aromatic N) is 1. The molecule has 10 aromatic rings. The van der Waals surface area contributed by atoms with Crippen LogP contribution in [0.2, 0.25) is 0 Å². The van der Waals surface area contributed by atoms with Gasteiger partial charge in [0.15, 0.2) is 0 Å². The van der Waals surface area contributed by atoms with Crippen LogP contribution in [0.15, 0.2) is 200 Å². The Morgan fingerprint density at radius 1 is 0.327 bits per heavy atom. The molecule has 0 radical (unpaired) electrons. The van der Waals surface area contributed by atoms with Gasteiger partial charge in [0.05, 0.1) is 5.69 Å². The van der Waals surface area contributed by atoms with E-state index in [2.05, 4.69) is 205 Å². The Bertz CT molecular complexity index is 2890. The van der Waals surface area contributed by atoms with E-state index in [9.17, 15) is 0 Å². The summed E-state index contributed by atoms with van der Waals surface area (Å²) in [5.74, 6) is 0. The van der Waals surface area contributed by atoms with Gasteiger partial charge in [0.2, 0.25) is 0 Å². The van der Waals surface area contributed by atoms with Crippen LogP contribution in [0.25, 0.3) is 75.1 Å². The number of hydrogen-bond donors (Lipinski definition) is 0. The Labute approximate surface area is 307 Å². The fraction of sp³-hybridized carbons (Fsp3) is 0. The molecule has 0 N–H and O–H groups in total. The van der Waals surface area contributed by atoms with Crippen LogP contribution < -0.4 is 4.90 Å². The summed E-state index contributed by atoms with van der Waals surface area (Å²) >= 11 is 1.86. The molecule has 0 aliphatic carbocycles. The molecular weight excluding hydrogens is 647 g/mol. The first-order valence-electron chi connectivity index (χ1n) is 17.8. The van der Waals surface area contributed by atoms with E-state index in [0.717, 1.165) is 11.4 Å². The summed E-state index contributed by atoms with van der Waals surface area (Å²) in [7, 11) is 0. The molecule has 1 nitrogen and oxygen atoms in total. The van der Waals surface area contributed by atoms with Crippen LogP contribution in [0.4, 0.5) is 17.1 Å².